The summed E-state index contributed by atoms with van der Waals surface area (Å²) in [6.45, 7) is 4.94. The van der Waals surface area contributed by atoms with Crippen LogP contribution in [-0.4, -0.2) is 21.3 Å². The molecule has 1 aromatic heterocycles. The number of hydrogen-bond acceptors (Lipinski definition) is 3. The summed E-state index contributed by atoms with van der Waals surface area (Å²) in [6.07, 6.45) is 2.67. The molecule has 100 valence electrons. The Balaban J connectivity index is 2.02. The third-order valence-corrected chi connectivity index (χ3v) is 4.07. The first-order chi connectivity index (χ1) is 9.22. The molecule has 2 aromatic rings. The van der Waals surface area contributed by atoms with E-state index in [2.05, 4.69) is 31.1 Å². The lowest BCUT2D eigenvalue weighted by molar-refractivity contribution is 0.101. The van der Waals surface area contributed by atoms with Crippen LogP contribution in [0.2, 0.25) is 0 Å². The first kappa shape index (κ1) is 13.9. The van der Waals surface area contributed by atoms with Gasteiger partial charge in [0.05, 0.1) is 5.75 Å². The average molecular weight is 274 g/mol. The predicted octanol–water partition coefficient (Wildman–Crippen LogP) is 3.58. The standard InChI is InChI=1S/C15H18N2OS/c1-3-10-17-13(8-9-16-17)14(18)11-19-15-7-5-4-6-12(15)2/h4-9H,3,10-11H2,1-2H3. The van der Waals surface area contributed by atoms with E-state index in [4.69, 9.17) is 0 Å². The van der Waals surface area contributed by atoms with Crippen molar-refractivity contribution in [2.45, 2.75) is 31.7 Å². The summed E-state index contributed by atoms with van der Waals surface area (Å²) in [4.78, 5) is 13.4. The van der Waals surface area contributed by atoms with E-state index in [0.29, 0.717) is 11.4 Å². The van der Waals surface area contributed by atoms with Gasteiger partial charge in [-0.05, 0) is 31.0 Å². The highest BCUT2D eigenvalue weighted by Gasteiger charge is 2.12. The summed E-state index contributed by atoms with van der Waals surface area (Å²) < 4.78 is 1.79. The van der Waals surface area contributed by atoms with Gasteiger partial charge in [-0.15, -0.1) is 11.8 Å². The van der Waals surface area contributed by atoms with Crippen LogP contribution in [0.15, 0.2) is 41.4 Å². The molecule has 0 aliphatic heterocycles. The highest BCUT2D eigenvalue weighted by molar-refractivity contribution is 8.00. The molecule has 4 heteroatoms. The van der Waals surface area contributed by atoms with Crippen molar-refractivity contribution in [1.29, 1.82) is 0 Å². The Labute approximate surface area is 118 Å². The number of carbonyl (C=O) groups excluding carboxylic acids is 1. The van der Waals surface area contributed by atoms with Crippen LogP contribution in [0.5, 0.6) is 0 Å². The fourth-order valence-electron chi connectivity index (χ4n) is 1.90. The average Bonchev–Trinajstić information content (AvgIpc) is 2.86. The van der Waals surface area contributed by atoms with Crippen molar-refractivity contribution >= 4 is 17.5 Å². The topological polar surface area (TPSA) is 34.9 Å². The zero-order valence-corrected chi connectivity index (χ0v) is 12.1. The monoisotopic (exact) mass is 274 g/mol. The fourth-order valence-corrected chi connectivity index (χ4v) is 2.80. The van der Waals surface area contributed by atoms with Crippen LogP contribution < -0.4 is 0 Å². The van der Waals surface area contributed by atoms with Gasteiger partial charge in [0.15, 0.2) is 5.78 Å². The molecule has 0 spiro atoms. The lowest BCUT2D eigenvalue weighted by Gasteiger charge is -2.06. The molecule has 0 bridgehead atoms. The molecule has 0 saturated carbocycles. The number of aryl methyl sites for hydroxylation is 2. The van der Waals surface area contributed by atoms with Crippen molar-refractivity contribution in [1.82, 2.24) is 9.78 Å². The maximum absolute atomic E-state index is 12.2. The number of thioether (sulfide) groups is 1. The van der Waals surface area contributed by atoms with Crippen LogP contribution in [0, 0.1) is 6.92 Å². The lowest BCUT2D eigenvalue weighted by Crippen LogP contribution is -2.12. The number of rotatable bonds is 6. The summed E-state index contributed by atoms with van der Waals surface area (Å²) in [7, 11) is 0. The molecule has 1 aromatic carbocycles. The van der Waals surface area contributed by atoms with Gasteiger partial charge in [-0.2, -0.15) is 5.10 Å². The minimum absolute atomic E-state index is 0.138. The van der Waals surface area contributed by atoms with Crippen LogP contribution in [0.1, 0.15) is 29.4 Å². The number of hydrogen-bond donors (Lipinski definition) is 0. The second-order valence-electron chi connectivity index (χ2n) is 4.42. The molecule has 0 aliphatic rings. The minimum atomic E-state index is 0.138. The molecule has 0 fully saturated rings. The summed E-state index contributed by atoms with van der Waals surface area (Å²) in [5.41, 5.74) is 1.92. The summed E-state index contributed by atoms with van der Waals surface area (Å²) in [5, 5.41) is 4.19. The third-order valence-electron chi connectivity index (χ3n) is 2.89. The van der Waals surface area contributed by atoms with Gasteiger partial charge >= 0.3 is 0 Å². The van der Waals surface area contributed by atoms with Crippen LogP contribution in [0.3, 0.4) is 0 Å². The van der Waals surface area contributed by atoms with Gasteiger partial charge in [0, 0.05) is 17.6 Å². The molecule has 0 N–H and O–H groups in total. The van der Waals surface area contributed by atoms with E-state index in [1.807, 2.05) is 12.1 Å². The SMILES string of the molecule is CCCn1nccc1C(=O)CSc1ccccc1C. The van der Waals surface area contributed by atoms with Crippen LogP contribution >= 0.6 is 11.8 Å². The minimum Gasteiger partial charge on any atom is -0.292 e. The van der Waals surface area contributed by atoms with Crippen molar-refractivity contribution in [3.05, 3.63) is 47.8 Å². The molecule has 3 nitrogen and oxygen atoms in total. The number of ketones is 1. The first-order valence-corrected chi connectivity index (χ1v) is 7.44. The molecule has 0 unspecified atom stereocenters. The van der Waals surface area contributed by atoms with Gasteiger partial charge in [0.2, 0.25) is 0 Å². The largest absolute Gasteiger partial charge is 0.292 e. The van der Waals surface area contributed by atoms with E-state index >= 15 is 0 Å². The van der Waals surface area contributed by atoms with E-state index in [-0.39, 0.29) is 5.78 Å². The summed E-state index contributed by atoms with van der Waals surface area (Å²) in [5.74, 6) is 0.597. The van der Waals surface area contributed by atoms with Crippen LogP contribution in [-0.2, 0) is 6.54 Å². The van der Waals surface area contributed by atoms with Gasteiger partial charge in [-0.25, -0.2) is 0 Å². The second kappa shape index (κ2) is 6.57. The number of Topliss-reactive ketones (excluding diaryl/α,β-unsaturated/α-hetero) is 1. The third kappa shape index (κ3) is 3.47. The number of carbonyl (C=O) groups is 1. The molecule has 1 heterocycles. The highest BCUT2D eigenvalue weighted by atomic mass is 32.2. The molecule has 0 atom stereocenters. The smallest absolute Gasteiger partial charge is 0.191 e. The molecule has 19 heavy (non-hydrogen) atoms. The summed E-state index contributed by atoms with van der Waals surface area (Å²) in [6, 6.07) is 9.93. The van der Waals surface area contributed by atoms with Gasteiger partial charge in [-0.1, -0.05) is 25.1 Å². The maximum Gasteiger partial charge on any atom is 0.191 e. The molecule has 0 radical (unpaired) electrons. The molecule has 2 rings (SSSR count). The molecular formula is C15H18N2OS. The number of nitrogens with zero attached hydrogens (tertiary/aromatic N) is 2. The highest BCUT2D eigenvalue weighted by Crippen LogP contribution is 2.22. The Kier molecular flexibility index (Phi) is 4.80. The molecule has 0 amide bonds. The van der Waals surface area contributed by atoms with E-state index in [1.54, 1.807) is 28.7 Å². The van der Waals surface area contributed by atoms with Crippen molar-refractivity contribution in [3.8, 4) is 0 Å². The molecule has 0 aliphatic carbocycles. The van der Waals surface area contributed by atoms with E-state index < -0.39 is 0 Å². The lowest BCUT2D eigenvalue weighted by atomic mass is 10.2. The predicted molar refractivity (Wildman–Crippen MR) is 78.8 cm³/mol. The van der Waals surface area contributed by atoms with E-state index in [1.165, 1.54) is 5.56 Å². The van der Waals surface area contributed by atoms with Gasteiger partial charge < -0.3 is 0 Å². The van der Waals surface area contributed by atoms with Crippen LogP contribution in [0.25, 0.3) is 0 Å². The Morgan fingerprint density at radius 2 is 2.11 bits per heavy atom. The first-order valence-electron chi connectivity index (χ1n) is 6.45. The van der Waals surface area contributed by atoms with Crippen molar-refractivity contribution < 1.29 is 4.79 Å². The molecule has 0 saturated heterocycles. The molecular weight excluding hydrogens is 256 g/mol. The van der Waals surface area contributed by atoms with Gasteiger partial charge in [-0.3, -0.25) is 9.48 Å². The Bertz CT molecular complexity index is 563. The zero-order valence-electron chi connectivity index (χ0n) is 11.3. The van der Waals surface area contributed by atoms with E-state index in [9.17, 15) is 4.79 Å². The quantitative estimate of drug-likeness (QED) is 0.596. The Morgan fingerprint density at radius 1 is 1.32 bits per heavy atom. The van der Waals surface area contributed by atoms with Gasteiger partial charge in [0.1, 0.15) is 5.69 Å². The Hall–Kier alpha value is -1.55. The maximum atomic E-state index is 12.2. The zero-order chi connectivity index (χ0) is 13.7. The van der Waals surface area contributed by atoms with Crippen molar-refractivity contribution in [2.24, 2.45) is 0 Å². The Morgan fingerprint density at radius 3 is 2.84 bits per heavy atom. The summed E-state index contributed by atoms with van der Waals surface area (Å²) >= 11 is 1.59. The van der Waals surface area contributed by atoms with Gasteiger partial charge in [0.25, 0.3) is 0 Å². The second-order valence-corrected chi connectivity index (χ2v) is 5.43. The number of benzene rings is 1. The van der Waals surface area contributed by atoms with Crippen LogP contribution in [0.4, 0.5) is 0 Å². The number of aromatic nitrogens is 2. The fraction of sp³-hybridized carbons (Fsp3) is 0.333. The normalized spacial score (nSPS) is 10.6. The van der Waals surface area contributed by atoms with E-state index in [0.717, 1.165) is 17.9 Å². The van der Waals surface area contributed by atoms with Crippen molar-refractivity contribution in [3.63, 3.8) is 0 Å². The van der Waals surface area contributed by atoms with Crippen molar-refractivity contribution in [2.75, 3.05) is 5.75 Å².